The van der Waals surface area contributed by atoms with E-state index < -0.39 is 0 Å². The molecule has 1 aliphatic rings. The van der Waals surface area contributed by atoms with E-state index in [1.54, 1.807) is 7.11 Å². The minimum atomic E-state index is 0.394. The van der Waals surface area contributed by atoms with E-state index in [1.807, 2.05) is 6.07 Å². The van der Waals surface area contributed by atoms with Crippen molar-refractivity contribution in [3.63, 3.8) is 0 Å². The van der Waals surface area contributed by atoms with Crippen LogP contribution in [0.1, 0.15) is 57.9 Å². The van der Waals surface area contributed by atoms with Gasteiger partial charge in [0, 0.05) is 12.6 Å². The summed E-state index contributed by atoms with van der Waals surface area (Å²) < 4.78 is 5.38. The van der Waals surface area contributed by atoms with Crippen molar-refractivity contribution in [1.29, 1.82) is 0 Å². The maximum atomic E-state index is 5.38. The van der Waals surface area contributed by atoms with Crippen LogP contribution in [0.15, 0.2) is 24.3 Å². The lowest BCUT2D eigenvalue weighted by atomic mass is 9.75. The van der Waals surface area contributed by atoms with Crippen LogP contribution in [0.4, 0.5) is 0 Å². The van der Waals surface area contributed by atoms with Gasteiger partial charge in [0.05, 0.1) is 7.11 Å². The first kappa shape index (κ1) is 16.4. The van der Waals surface area contributed by atoms with Crippen LogP contribution < -0.4 is 10.1 Å². The van der Waals surface area contributed by atoms with Crippen LogP contribution in [0.5, 0.6) is 5.75 Å². The summed E-state index contributed by atoms with van der Waals surface area (Å²) in [6.07, 6.45) is 9.05. The second kappa shape index (κ2) is 7.84. The summed E-state index contributed by atoms with van der Waals surface area (Å²) in [6, 6.07) is 9.39. The molecule has 1 fully saturated rings. The molecule has 0 spiro atoms. The Morgan fingerprint density at radius 3 is 2.71 bits per heavy atom. The summed E-state index contributed by atoms with van der Waals surface area (Å²) in [4.78, 5) is 0. The van der Waals surface area contributed by atoms with Gasteiger partial charge in [-0.25, -0.2) is 0 Å². The van der Waals surface area contributed by atoms with Gasteiger partial charge in [0.1, 0.15) is 5.75 Å². The summed E-state index contributed by atoms with van der Waals surface area (Å²) in [5.41, 5.74) is 1.80. The summed E-state index contributed by atoms with van der Waals surface area (Å²) in [6.45, 7) is 5.80. The largest absolute Gasteiger partial charge is 0.497 e. The van der Waals surface area contributed by atoms with Crippen molar-refractivity contribution in [1.82, 2.24) is 5.32 Å². The molecule has 0 aromatic heterocycles. The highest BCUT2D eigenvalue weighted by Gasteiger charge is 2.31. The zero-order chi connectivity index (χ0) is 15.1. The normalized spacial score (nSPS) is 17.5. The second-order valence-electron chi connectivity index (χ2n) is 6.64. The van der Waals surface area contributed by atoms with Gasteiger partial charge < -0.3 is 10.1 Å². The van der Waals surface area contributed by atoms with E-state index >= 15 is 0 Å². The molecule has 2 rings (SSSR count). The molecule has 0 saturated heterocycles. The second-order valence-corrected chi connectivity index (χ2v) is 6.64. The minimum absolute atomic E-state index is 0.394. The molecule has 21 heavy (non-hydrogen) atoms. The highest BCUT2D eigenvalue weighted by Crippen LogP contribution is 2.34. The summed E-state index contributed by atoms with van der Waals surface area (Å²) in [5.74, 6) is 0.975. The molecule has 1 atom stereocenters. The van der Waals surface area contributed by atoms with Crippen molar-refractivity contribution >= 4 is 0 Å². The van der Waals surface area contributed by atoms with E-state index in [0.717, 1.165) is 24.8 Å². The van der Waals surface area contributed by atoms with E-state index in [-0.39, 0.29) is 0 Å². The van der Waals surface area contributed by atoms with Crippen molar-refractivity contribution < 1.29 is 4.74 Å². The van der Waals surface area contributed by atoms with Crippen LogP contribution in [0, 0.1) is 5.41 Å². The standard InChI is InChI=1S/C19H31NO/c1-4-6-12-19(5-2,15-20-17-10-11-17)14-16-8-7-9-18(13-16)21-3/h7-9,13,17,20H,4-6,10-12,14-15H2,1-3H3. The average molecular weight is 289 g/mol. The molecule has 1 saturated carbocycles. The number of benzene rings is 1. The zero-order valence-corrected chi connectivity index (χ0v) is 14.0. The molecule has 118 valence electrons. The number of hydrogen-bond acceptors (Lipinski definition) is 2. The number of nitrogens with one attached hydrogen (secondary N) is 1. The van der Waals surface area contributed by atoms with Gasteiger partial charge in [0.15, 0.2) is 0 Å². The summed E-state index contributed by atoms with van der Waals surface area (Å²) in [5, 5.41) is 3.77. The number of unbranched alkanes of at least 4 members (excludes halogenated alkanes) is 1. The van der Waals surface area contributed by atoms with Crippen molar-refractivity contribution in [3.8, 4) is 5.75 Å². The van der Waals surface area contributed by atoms with Gasteiger partial charge in [-0.05, 0) is 55.2 Å². The highest BCUT2D eigenvalue weighted by atomic mass is 16.5. The Kier molecular flexibility index (Phi) is 6.10. The first-order valence-corrected chi connectivity index (χ1v) is 8.57. The molecule has 0 bridgehead atoms. The number of methoxy groups -OCH3 is 1. The third kappa shape index (κ3) is 5.03. The molecule has 1 N–H and O–H groups in total. The zero-order valence-electron chi connectivity index (χ0n) is 14.0. The fourth-order valence-corrected chi connectivity index (χ4v) is 3.08. The topological polar surface area (TPSA) is 21.3 Å². The fraction of sp³-hybridized carbons (Fsp3) is 0.684. The predicted octanol–water partition coefficient (Wildman–Crippen LogP) is 4.58. The van der Waals surface area contributed by atoms with Crippen LogP contribution >= 0.6 is 0 Å². The van der Waals surface area contributed by atoms with Gasteiger partial charge in [-0.3, -0.25) is 0 Å². The molecule has 1 unspecified atom stereocenters. The Balaban J connectivity index is 2.07. The molecule has 1 aliphatic carbocycles. The van der Waals surface area contributed by atoms with Crippen LogP contribution in [-0.2, 0) is 6.42 Å². The molecule has 0 heterocycles. The Labute approximate surface area is 130 Å². The summed E-state index contributed by atoms with van der Waals surface area (Å²) in [7, 11) is 1.75. The van der Waals surface area contributed by atoms with E-state index in [0.29, 0.717) is 5.41 Å². The third-order valence-corrected chi connectivity index (χ3v) is 4.87. The van der Waals surface area contributed by atoms with Crippen LogP contribution in [-0.4, -0.2) is 19.7 Å². The Bertz CT molecular complexity index is 427. The van der Waals surface area contributed by atoms with Gasteiger partial charge in [0.2, 0.25) is 0 Å². The average Bonchev–Trinajstić information content (AvgIpc) is 3.34. The van der Waals surface area contributed by atoms with Gasteiger partial charge in [-0.1, -0.05) is 38.8 Å². The predicted molar refractivity (Wildman–Crippen MR) is 90.0 cm³/mol. The van der Waals surface area contributed by atoms with Crippen molar-refractivity contribution in [2.24, 2.45) is 5.41 Å². The number of ether oxygens (including phenoxy) is 1. The summed E-state index contributed by atoms with van der Waals surface area (Å²) >= 11 is 0. The number of rotatable bonds is 10. The van der Waals surface area contributed by atoms with E-state index in [9.17, 15) is 0 Å². The van der Waals surface area contributed by atoms with E-state index in [1.165, 1.54) is 44.1 Å². The molecule has 0 aliphatic heterocycles. The number of hydrogen-bond donors (Lipinski definition) is 1. The molecule has 1 aromatic rings. The van der Waals surface area contributed by atoms with Gasteiger partial charge in [0.25, 0.3) is 0 Å². The highest BCUT2D eigenvalue weighted by molar-refractivity contribution is 5.29. The first-order chi connectivity index (χ1) is 10.2. The molecule has 1 aromatic carbocycles. The van der Waals surface area contributed by atoms with Crippen LogP contribution in [0.3, 0.4) is 0 Å². The van der Waals surface area contributed by atoms with E-state index in [4.69, 9.17) is 4.74 Å². The molecule has 2 nitrogen and oxygen atoms in total. The van der Waals surface area contributed by atoms with Crippen molar-refractivity contribution in [2.45, 2.75) is 64.8 Å². The Morgan fingerprint density at radius 2 is 2.10 bits per heavy atom. The molecular formula is C19H31NO. The van der Waals surface area contributed by atoms with Crippen LogP contribution in [0.2, 0.25) is 0 Å². The smallest absolute Gasteiger partial charge is 0.119 e. The third-order valence-electron chi connectivity index (χ3n) is 4.87. The van der Waals surface area contributed by atoms with Gasteiger partial charge >= 0.3 is 0 Å². The van der Waals surface area contributed by atoms with Crippen LogP contribution in [0.25, 0.3) is 0 Å². The maximum Gasteiger partial charge on any atom is 0.119 e. The van der Waals surface area contributed by atoms with Gasteiger partial charge in [-0.15, -0.1) is 0 Å². The Morgan fingerprint density at radius 1 is 1.29 bits per heavy atom. The maximum absolute atomic E-state index is 5.38. The molecule has 0 amide bonds. The molecule has 0 radical (unpaired) electrons. The van der Waals surface area contributed by atoms with Crippen molar-refractivity contribution in [2.75, 3.05) is 13.7 Å². The Hall–Kier alpha value is -1.02. The van der Waals surface area contributed by atoms with E-state index in [2.05, 4.69) is 37.4 Å². The molecule has 2 heteroatoms. The van der Waals surface area contributed by atoms with Gasteiger partial charge in [-0.2, -0.15) is 0 Å². The lowest BCUT2D eigenvalue weighted by Gasteiger charge is -2.34. The lowest BCUT2D eigenvalue weighted by molar-refractivity contribution is 0.228. The SMILES string of the molecule is CCCCC(CC)(CNC1CC1)Cc1cccc(OC)c1. The quantitative estimate of drug-likeness (QED) is 0.681. The monoisotopic (exact) mass is 289 g/mol. The lowest BCUT2D eigenvalue weighted by Crippen LogP contribution is -2.37. The first-order valence-electron chi connectivity index (χ1n) is 8.57. The molecular weight excluding hydrogens is 258 g/mol. The minimum Gasteiger partial charge on any atom is -0.497 e. The van der Waals surface area contributed by atoms with Crippen molar-refractivity contribution in [3.05, 3.63) is 29.8 Å². The fourth-order valence-electron chi connectivity index (χ4n) is 3.08.